The molecule has 0 radical (unpaired) electrons. The second-order valence-electron chi connectivity index (χ2n) is 10.3. The third kappa shape index (κ3) is 2.55. The van der Waals surface area contributed by atoms with Crippen LogP contribution >= 0.6 is 0 Å². The Morgan fingerprint density at radius 3 is 1.00 bits per heavy atom. The number of methoxy groups -OCH3 is 2. The number of rotatable bonds is 12. The van der Waals surface area contributed by atoms with Crippen molar-refractivity contribution in [3.8, 4) is 0 Å². The summed E-state index contributed by atoms with van der Waals surface area (Å²) < 4.78 is 65.0. The fourth-order valence-corrected chi connectivity index (χ4v) is 13.6. The molecule has 0 saturated carbocycles. The summed E-state index contributed by atoms with van der Waals surface area (Å²) in [5.74, 6) is -1.83. The molecular formula is C24H40O10Si. The molecule has 0 amide bonds. The molecule has 0 aromatic carbocycles. The number of hydrogen-bond acceptors (Lipinski definition) is 10. The maximum Gasteiger partial charge on any atom is 0.411 e. The van der Waals surface area contributed by atoms with E-state index >= 15 is 0 Å². The van der Waals surface area contributed by atoms with E-state index < -0.39 is 41.8 Å². The third-order valence-electron chi connectivity index (χ3n) is 9.70. The monoisotopic (exact) mass is 516 g/mol. The summed E-state index contributed by atoms with van der Waals surface area (Å²) in [5, 5.41) is -1.82. The van der Waals surface area contributed by atoms with Crippen molar-refractivity contribution >= 4 is 8.56 Å². The molecule has 6 fully saturated rings. The quantitative estimate of drug-likeness (QED) is 0.357. The lowest BCUT2D eigenvalue weighted by Gasteiger charge is -2.76. The first-order valence-electron chi connectivity index (χ1n) is 13.2. The Morgan fingerprint density at radius 1 is 0.543 bits per heavy atom. The highest BCUT2D eigenvalue weighted by Crippen LogP contribution is 2.68. The summed E-state index contributed by atoms with van der Waals surface area (Å²) in [6.07, 6.45) is 4.30. The Balaban J connectivity index is 1.55. The highest BCUT2D eigenvalue weighted by molar-refractivity contribution is 6.75. The molecule has 0 bridgehead atoms. The summed E-state index contributed by atoms with van der Waals surface area (Å²) in [7, 11) is -0.194. The molecule has 35 heavy (non-hydrogen) atoms. The topological polar surface area (TPSA) is 92.3 Å². The minimum absolute atomic E-state index is 0.441. The molecule has 0 aromatic rings. The standard InChI is InChI=1S/C24H40O10Si/c1-5-33-35(34-6-2,23(11-17-31-23)19(7-13-27-19)21(25-3)9-15-29-21)24(12-18-32-24)20(8-14-28-20)22(26-4)10-16-30-22/h5-18H2,1-4H3. The van der Waals surface area contributed by atoms with E-state index in [1.807, 2.05) is 13.8 Å². The van der Waals surface area contributed by atoms with Gasteiger partial charge in [0, 0.05) is 66.0 Å². The highest BCUT2D eigenvalue weighted by atomic mass is 28.4. The molecule has 6 aliphatic heterocycles. The van der Waals surface area contributed by atoms with Gasteiger partial charge < -0.3 is 46.7 Å². The molecule has 6 heterocycles. The van der Waals surface area contributed by atoms with E-state index in [9.17, 15) is 0 Å². The summed E-state index contributed by atoms with van der Waals surface area (Å²) >= 11 is 0. The van der Waals surface area contributed by atoms with E-state index in [0.29, 0.717) is 65.7 Å². The molecule has 0 spiro atoms. The predicted octanol–water partition coefficient (Wildman–Crippen LogP) is 1.74. The van der Waals surface area contributed by atoms with Crippen molar-refractivity contribution in [2.24, 2.45) is 0 Å². The van der Waals surface area contributed by atoms with Gasteiger partial charge in [0.15, 0.2) is 21.7 Å². The molecule has 0 N–H and O–H groups in total. The second-order valence-corrected chi connectivity index (χ2v) is 13.7. The van der Waals surface area contributed by atoms with Crippen LogP contribution in [0.5, 0.6) is 0 Å². The number of ether oxygens (including phenoxy) is 8. The fourth-order valence-electron chi connectivity index (χ4n) is 7.87. The van der Waals surface area contributed by atoms with Crippen LogP contribution < -0.4 is 0 Å². The van der Waals surface area contributed by atoms with Crippen LogP contribution in [0.4, 0.5) is 0 Å². The molecule has 6 atom stereocenters. The first-order chi connectivity index (χ1) is 17.0. The second kappa shape index (κ2) is 8.41. The van der Waals surface area contributed by atoms with Crippen LogP contribution in [0.15, 0.2) is 0 Å². The summed E-state index contributed by atoms with van der Waals surface area (Å²) in [6, 6.07) is 0. The Morgan fingerprint density at radius 2 is 0.857 bits per heavy atom. The summed E-state index contributed by atoms with van der Waals surface area (Å²) in [4.78, 5) is 0. The molecule has 0 aliphatic carbocycles. The minimum atomic E-state index is -3.57. The van der Waals surface area contributed by atoms with Crippen molar-refractivity contribution in [2.45, 2.75) is 85.6 Å². The maximum atomic E-state index is 6.95. The van der Waals surface area contributed by atoms with Crippen molar-refractivity contribution in [1.29, 1.82) is 0 Å². The van der Waals surface area contributed by atoms with Gasteiger partial charge in [-0.2, -0.15) is 0 Å². The average Bonchev–Trinajstić information content (AvgIpc) is 2.66. The Labute approximate surface area is 208 Å². The van der Waals surface area contributed by atoms with Crippen molar-refractivity contribution in [1.82, 2.24) is 0 Å². The fraction of sp³-hybridized carbons (Fsp3) is 1.00. The van der Waals surface area contributed by atoms with Gasteiger partial charge in [0.05, 0.1) is 39.6 Å². The summed E-state index contributed by atoms with van der Waals surface area (Å²) in [5.41, 5.74) is -1.72. The highest BCUT2D eigenvalue weighted by Gasteiger charge is 2.92. The Kier molecular flexibility index (Phi) is 6.03. The lowest BCUT2D eigenvalue weighted by atomic mass is 9.72. The van der Waals surface area contributed by atoms with Gasteiger partial charge in [0.25, 0.3) is 0 Å². The van der Waals surface area contributed by atoms with Crippen molar-refractivity contribution < 1.29 is 46.7 Å². The van der Waals surface area contributed by atoms with Gasteiger partial charge in [-0.05, 0) is 13.8 Å². The number of hydrogen-bond donors (Lipinski definition) is 0. The van der Waals surface area contributed by atoms with Gasteiger partial charge in [0.2, 0.25) is 11.6 Å². The molecule has 6 aliphatic rings. The van der Waals surface area contributed by atoms with E-state index in [1.54, 1.807) is 14.2 Å². The predicted molar refractivity (Wildman–Crippen MR) is 123 cm³/mol. The zero-order valence-corrected chi connectivity index (χ0v) is 22.5. The van der Waals surface area contributed by atoms with Crippen molar-refractivity contribution in [3.05, 3.63) is 0 Å². The normalized spacial score (nSPS) is 49.0. The van der Waals surface area contributed by atoms with Crippen LogP contribution in [0, 0.1) is 0 Å². The van der Waals surface area contributed by atoms with Gasteiger partial charge in [0.1, 0.15) is 0 Å². The van der Waals surface area contributed by atoms with Crippen LogP contribution in [-0.2, 0) is 46.7 Å². The minimum Gasteiger partial charge on any atom is -0.391 e. The molecule has 6 unspecified atom stereocenters. The summed E-state index contributed by atoms with van der Waals surface area (Å²) in [6.45, 7) is 8.47. The Bertz CT molecular complexity index is 719. The van der Waals surface area contributed by atoms with Crippen LogP contribution in [-0.4, -0.2) is 109 Å². The maximum absolute atomic E-state index is 6.95. The largest absolute Gasteiger partial charge is 0.411 e. The molecule has 6 saturated heterocycles. The van der Waals surface area contributed by atoms with E-state index in [0.717, 1.165) is 25.7 Å². The van der Waals surface area contributed by atoms with E-state index in [1.165, 1.54) is 0 Å². The zero-order chi connectivity index (χ0) is 24.5. The van der Waals surface area contributed by atoms with Gasteiger partial charge in [-0.15, -0.1) is 0 Å². The van der Waals surface area contributed by atoms with Crippen molar-refractivity contribution in [2.75, 3.05) is 67.1 Å². The van der Waals surface area contributed by atoms with Gasteiger partial charge in [-0.1, -0.05) is 0 Å². The lowest BCUT2D eigenvalue weighted by Crippen LogP contribution is -2.98. The third-order valence-corrected chi connectivity index (χ3v) is 14.8. The molecule has 200 valence electrons. The van der Waals surface area contributed by atoms with Gasteiger partial charge >= 0.3 is 8.56 Å². The van der Waals surface area contributed by atoms with Crippen LogP contribution in [0.25, 0.3) is 0 Å². The molecule has 0 aromatic heterocycles. The Hall–Kier alpha value is -0.183. The van der Waals surface area contributed by atoms with Crippen LogP contribution in [0.1, 0.15) is 52.4 Å². The zero-order valence-electron chi connectivity index (χ0n) is 21.5. The van der Waals surface area contributed by atoms with Gasteiger partial charge in [-0.25, -0.2) is 0 Å². The van der Waals surface area contributed by atoms with Crippen LogP contribution in [0.3, 0.4) is 0 Å². The first kappa shape index (κ1) is 25.1. The van der Waals surface area contributed by atoms with E-state index in [-0.39, 0.29) is 0 Å². The van der Waals surface area contributed by atoms with Crippen LogP contribution in [0.2, 0.25) is 0 Å². The molecule has 6 rings (SSSR count). The smallest absolute Gasteiger partial charge is 0.391 e. The van der Waals surface area contributed by atoms with Gasteiger partial charge in [-0.3, -0.25) is 0 Å². The molecular weight excluding hydrogens is 476 g/mol. The van der Waals surface area contributed by atoms with E-state index in [4.69, 9.17) is 46.7 Å². The SMILES string of the molecule is CCO[Si](OCC)(C1(C2(C3(OC)CCO3)CCO2)CCO1)C1(C2(C3(OC)CCO3)CCO2)CCO1. The average molecular weight is 517 g/mol. The molecule has 10 nitrogen and oxygen atoms in total. The van der Waals surface area contributed by atoms with Crippen molar-refractivity contribution in [3.63, 3.8) is 0 Å². The molecule has 11 heteroatoms. The van der Waals surface area contributed by atoms with E-state index in [2.05, 4.69) is 0 Å². The first-order valence-corrected chi connectivity index (χ1v) is 15.0. The lowest BCUT2D eigenvalue weighted by molar-refractivity contribution is -0.462.